The van der Waals surface area contributed by atoms with Gasteiger partial charge in [0, 0.05) is 24.4 Å². The van der Waals surface area contributed by atoms with Crippen LogP contribution in [0.1, 0.15) is 13.3 Å². The number of hydrogen-bond acceptors (Lipinski definition) is 11. The summed E-state index contributed by atoms with van der Waals surface area (Å²) < 4.78 is 38.2. The van der Waals surface area contributed by atoms with Crippen LogP contribution in [0.25, 0.3) is 16.9 Å². The van der Waals surface area contributed by atoms with Crippen molar-refractivity contribution in [2.24, 2.45) is 0 Å². The van der Waals surface area contributed by atoms with Crippen molar-refractivity contribution in [3.8, 4) is 16.9 Å². The summed E-state index contributed by atoms with van der Waals surface area (Å²) in [7, 11) is -9.53. The number of phosphoric acid groups is 1. The Kier molecular flexibility index (Phi) is 12.1. The Morgan fingerprint density at radius 1 is 1.14 bits per heavy atom. The maximum atomic E-state index is 12.6. The number of carbonyl (C=O) groups excluding carboxylic acids is 1. The molecule has 17 heteroatoms. The van der Waals surface area contributed by atoms with E-state index in [1.54, 1.807) is 24.3 Å². The third-order valence-corrected chi connectivity index (χ3v) is 7.80. The molecule has 36 heavy (non-hydrogen) atoms. The van der Waals surface area contributed by atoms with E-state index in [9.17, 15) is 32.4 Å². The summed E-state index contributed by atoms with van der Waals surface area (Å²) >= 11 is 0. The Balaban J connectivity index is 0.00000324. The summed E-state index contributed by atoms with van der Waals surface area (Å²) in [4.78, 5) is 51.9. The Morgan fingerprint density at radius 3 is 2.22 bits per heavy atom. The number of aromatic nitrogens is 5. The van der Waals surface area contributed by atoms with Crippen LogP contribution in [-0.2, 0) is 30.3 Å². The zero-order chi connectivity index (χ0) is 25.1. The maximum absolute atomic E-state index is 12.6. The van der Waals surface area contributed by atoms with Gasteiger partial charge in [-0.05, 0) is 25.5 Å². The largest absolute Gasteiger partial charge is 1.00 e. The normalized spacial score (nSPS) is 13.2. The third-order valence-electron chi connectivity index (χ3n) is 5.28. The Hall–Kier alpha value is -1.03. The van der Waals surface area contributed by atoms with Gasteiger partial charge in [0.05, 0.1) is 37.9 Å². The molecule has 1 aromatic carbocycles. The molecule has 0 unspecified atom stereocenters. The molecule has 13 nitrogen and oxygen atoms in total. The van der Waals surface area contributed by atoms with Gasteiger partial charge in [-0.1, -0.05) is 12.1 Å². The van der Waals surface area contributed by atoms with Crippen LogP contribution in [0.4, 0.5) is 0 Å². The quantitative estimate of drug-likeness (QED) is 0.171. The molecule has 3 aromatic rings. The van der Waals surface area contributed by atoms with Crippen LogP contribution in [0.2, 0.25) is 0 Å². The van der Waals surface area contributed by atoms with Crippen molar-refractivity contribution in [2.45, 2.75) is 24.6 Å². The molecule has 182 valence electrons. The number of ketones is 1. The van der Waals surface area contributed by atoms with E-state index in [4.69, 9.17) is 0 Å². The molecule has 0 saturated carbocycles. The first kappa shape index (κ1) is 33.0. The van der Waals surface area contributed by atoms with E-state index in [1.807, 2.05) is 0 Å². The van der Waals surface area contributed by atoms with Gasteiger partial charge < -0.3 is 18.9 Å². The Bertz CT molecular complexity index is 1390. The van der Waals surface area contributed by atoms with E-state index in [1.165, 1.54) is 29.6 Å². The van der Waals surface area contributed by atoms with Crippen LogP contribution < -0.4 is 74.5 Å². The Labute approximate surface area is 251 Å². The van der Waals surface area contributed by atoms with E-state index in [0.717, 1.165) is 17.7 Å². The van der Waals surface area contributed by atoms with Crippen LogP contribution in [0, 0.1) is 0 Å². The summed E-state index contributed by atoms with van der Waals surface area (Å²) in [5.41, 5.74) is 1.23. The van der Waals surface area contributed by atoms with Gasteiger partial charge in [-0.2, -0.15) is 15.0 Å². The molecule has 0 aliphatic carbocycles. The molecule has 0 fully saturated rings. The number of sulfone groups is 1. The molecule has 0 aliphatic rings. The van der Waals surface area contributed by atoms with Crippen LogP contribution in [0.5, 0.6) is 0 Å². The first-order valence-corrected chi connectivity index (χ1v) is 13.1. The number of benzene rings is 1. The predicted molar refractivity (Wildman–Crippen MR) is 115 cm³/mol. The van der Waals surface area contributed by atoms with Crippen molar-refractivity contribution in [1.82, 2.24) is 24.5 Å². The molecule has 3 rings (SSSR count). The predicted octanol–water partition coefficient (Wildman–Crippen LogP) is -6.89. The second kappa shape index (κ2) is 13.2. The topological polar surface area (TPSA) is 189 Å². The number of carbonyl (C=O) groups is 1. The van der Waals surface area contributed by atoms with E-state index < -0.39 is 40.4 Å². The molecule has 0 spiro atoms. The number of hydrogen-bond donors (Lipinski definition) is 0. The molecule has 0 aliphatic heterocycles. The Morgan fingerprint density at radius 2 is 1.72 bits per heavy atom. The minimum Gasteiger partial charge on any atom is -0.790 e. The number of phosphoric ester groups is 1. The summed E-state index contributed by atoms with van der Waals surface area (Å²) in [5, 5.41) is 8.05. The minimum absolute atomic E-state index is 0. The van der Waals surface area contributed by atoms with E-state index in [2.05, 4.69) is 19.7 Å². The molecular formula is C19H20N5Na2O8PS. The van der Waals surface area contributed by atoms with E-state index in [0.29, 0.717) is 16.9 Å². The summed E-state index contributed by atoms with van der Waals surface area (Å²) in [5.74, 6) is -1.12. The molecule has 0 amide bonds. The average molecular weight is 555 g/mol. The van der Waals surface area contributed by atoms with Gasteiger partial charge in [0.1, 0.15) is 11.4 Å². The van der Waals surface area contributed by atoms with Gasteiger partial charge in [-0.3, -0.25) is 14.2 Å². The zero-order valence-electron chi connectivity index (χ0n) is 20.1. The van der Waals surface area contributed by atoms with Gasteiger partial charge in [0.2, 0.25) is 0 Å². The molecule has 0 bridgehead atoms. The fourth-order valence-corrected chi connectivity index (χ4v) is 4.23. The van der Waals surface area contributed by atoms with Crippen molar-refractivity contribution in [1.29, 1.82) is 0 Å². The molecule has 0 N–H and O–H groups in total. The summed E-state index contributed by atoms with van der Waals surface area (Å²) in [6, 6.07) is 8.21. The van der Waals surface area contributed by atoms with Crippen molar-refractivity contribution < 1.29 is 91.2 Å². The summed E-state index contributed by atoms with van der Waals surface area (Å²) in [6.45, 7) is -0.348. The molecule has 0 radical (unpaired) electrons. The molecule has 2 aromatic heterocycles. The third kappa shape index (κ3) is 8.23. The van der Waals surface area contributed by atoms with Crippen molar-refractivity contribution in [2.75, 3.05) is 12.9 Å². The first-order chi connectivity index (χ1) is 15.8. The van der Waals surface area contributed by atoms with Crippen molar-refractivity contribution in [3.63, 3.8) is 0 Å². The zero-order valence-corrected chi connectivity index (χ0v) is 25.8. The maximum Gasteiger partial charge on any atom is 1.00 e. The number of nitrogens with zero attached hydrogens (tertiary/aromatic N) is 5. The van der Waals surface area contributed by atoms with Gasteiger partial charge >= 0.3 is 59.1 Å². The molecule has 1 atom stereocenters. The number of Topliss-reactive ketones (excluding diaryl/α,β-unsaturated/α-hetero) is 1. The van der Waals surface area contributed by atoms with Crippen LogP contribution in [0.15, 0.2) is 53.8 Å². The molecule has 0 saturated heterocycles. The van der Waals surface area contributed by atoms with Crippen molar-refractivity contribution >= 4 is 23.4 Å². The smallest absolute Gasteiger partial charge is 0.790 e. The van der Waals surface area contributed by atoms with Crippen molar-refractivity contribution in [3.05, 3.63) is 59.4 Å². The first-order valence-electron chi connectivity index (χ1n) is 9.73. The second-order valence-corrected chi connectivity index (χ2v) is 11.2. The fourth-order valence-electron chi connectivity index (χ4n) is 3.02. The SMILES string of the molecule is C[C@@](CCn1cnc(-c2ccc(-n3nccn3)cc2)cc1=O)(C(=O)COP(=O)([O-])[O-])S(C)(=O)=O.[Na+].[Na+]. The van der Waals surface area contributed by atoms with Crippen LogP contribution in [-0.4, -0.2) is 56.4 Å². The van der Waals surface area contributed by atoms with Gasteiger partial charge in [0.25, 0.3) is 5.56 Å². The average Bonchev–Trinajstić information content (AvgIpc) is 3.30. The number of aryl methyl sites for hydroxylation is 1. The standard InChI is InChI=1S/C19H22N5O8PS.2Na/c1-19(34(2,30)31,17(25)12-32-33(27,28)29)7-10-23-13-20-16(11-18(23)26)14-3-5-15(6-4-14)24-21-8-9-22-24;;/h3-6,8-9,11,13H,7,10,12H2,1-2H3,(H2,27,28,29);;/q;2*+1/p-2/t19-;;/m1../s1. The van der Waals surface area contributed by atoms with E-state index >= 15 is 0 Å². The minimum atomic E-state index is -5.47. The summed E-state index contributed by atoms with van der Waals surface area (Å²) in [6.07, 6.45) is 4.72. The molecule has 2 heterocycles. The second-order valence-electron chi connectivity index (χ2n) is 7.57. The molecular weight excluding hydrogens is 535 g/mol. The van der Waals surface area contributed by atoms with Gasteiger partial charge in [-0.15, -0.1) is 0 Å². The van der Waals surface area contributed by atoms with E-state index in [-0.39, 0.29) is 72.1 Å². The van der Waals surface area contributed by atoms with Gasteiger partial charge in [0.15, 0.2) is 15.6 Å². The van der Waals surface area contributed by atoms with Gasteiger partial charge in [-0.25, -0.2) is 13.4 Å². The number of rotatable bonds is 10. The fraction of sp³-hybridized carbons (Fsp3) is 0.316. The van der Waals surface area contributed by atoms with Crippen LogP contribution >= 0.6 is 7.82 Å². The monoisotopic (exact) mass is 555 g/mol. The van der Waals surface area contributed by atoms with Crippen LogP contribution in [0.3, 0.4) is 0 Å².